The van der Waals surface area contributed by atoms with Crippen LogP contribution in [0.25, 0.3) is 0 Å². The molecule has 1 amide bonds. The van der Waals surface area contributed by atoms with E-state index in [1.165, 1.54) is 16.8 Å². The third kappa shape index (κ3) is 3.65. The van der Waals surface area contributed by atoms with E-state index in [0.29, 0.717) is 10.2 Å². The number of halogens is 1. The van der Waals surface area contributed by atoms with Crippen molar-refractivity contribution in [1.29, 1.82) is 0 Å². The van der Waals surface area contributed by atoms with Gasteiger partial charge in [-0.05, 0) is 24.3 Å². The largest absolute Gasteiger partial charge is 0.478 e. The van der Waals surface area contributed by atoms with E-state index in [-0.39, 0.29) is 18.0 Å². The van der Waals surface area contributed by atoms with Crippen molar-refractivity contribution in [2.24, 2.45) is 0 Å². The molecule has 0 fully saturated rings. The van der Waals surface area contributed by atoms with E-state index in [9.17, 15) is 9.59 Å². The molecule has 2 N–H and O–H groups in total. The Bertz CT molecular complexity index is 611. The number of benzene rings is 1. The second kappa shape index (κ2) is 5.66. The molecular weight excluding hydrogens is 314 g/mol. The fourth-order valence-electron chi connectivity index (χ4n) is 1.53. The lowest BCUT2D eigenvalue weighted by Gasteiger charge is -2.07. The summed E-state index contributed by atoms with van der Waals surface area (Å²) in [6.07, 6.45) is 3.25. The molecule has 2 aromatic rings. The maximum Gasteiger partial charge on any atom is 0.335 e. The smallest absolute Gasteiger partial charge is 0.335 e. The summed E-state index contributed by atoms with van der Waals surface area (Å²) >= 11 is 3.20. The molecule has 0 spiro atoms. The Balaban J connectivity index is 2.10. The maximum absolute atomic E-state index is 11.7. The Morgan fingerprint density at radius 1 is 1.37 bits per heavy atom. The highest BCUT2D eigenvalue weighted by Gasteiger charge is 2.09. The number of amides is 1. The van der Waals surface area contributed by atoms with Gasteiger partial charge in [-0.3, -0.25) is 9.48 Å². The first-order chi connectivity index (χ1) is 9.04. The highest BCUT2D eigenvalue weighted by Crippen LogP contribution is 2.19. The summed E-state index contributed by atoms with van der Waals surface area (Å²) < 4.78 is 2.06. The topological polar surface area (TPSA) is 84.2 Å². The highest BCUT2D eigenvalue weighted by atomic mass is 79.9. The molecular formula is C12H10BrN3O3. The second-order valence-corrected chi connectivity index (χ2v) is 4.70. The molecule has 0 aliphatic rings. The minimum Gasteiger partial charge on any atom is -0.478 e. The molecule has 0 bridgehead atoms. The third-order valence-corrected chi connectivity index (χ3v) is 2.75. The Labute approximate surface area is 117 Å². The van der Waals surface area contributed by atoms with Gasteiger partial charge in [-0.25, -0.2) is 4.79 Å². The monoisotopic (exact) mass is 323 g/mol. The molecule has 98 valence electrons. The van der Waals surface area contributed by atoms with Crippen LogP contribution in [0.5, 0.6) is 0 Å². The number of anilines is 1. The zero-order valence-electron chi connectivity index (χ0n) is 9.71. The Morgan fingerprint density at radius 3 is 2.79 bits per heavy atom. The van der Waals surface area contributed by atoms with Crippen molar-refractivity contribution in [2.75, 3.05) is 5.32 Å². The van der Waals surface area contributed by atoms with E-state index in [0.717, 1.165) is 0 Å². The number of nitrogens with zero attached hydrogens (tertiary/aromatic N) is 2. The van der Waals surface area contributed by atoms with Crippen LogP contribution >= 0.6 is 15.9 Å². The lowest BCUT2D eigenvalue weighted by atomic mass is 10.2. The van der Waals surface area contributed by atoms with Crippen LogP contribution in [-0.4, -0.2) is 26.8 Å². The van der Waals surface area contributed by atoms with Gasteiger partial charge in [-0.2, -0.15) is 5.10 Å². The fraction of sp³-hybridized carbons (Fsp3) is 0.0833. The molecule has 0 radical (unpaired) electrons. The number of aromatic nitrogens is 2. The first kappa shape index (κ1) is 13.3. The number of aromatic carboxylic acids is 1. The molecule has 19 heavy (non-hydrogen) atoms. The van der Waals surface area contributed by atoms with Crippen LogP contribution in [0.4, 0.5) is 5.69 Å². The van der Waals surface area contributed by atoms with E-state index < -0.39 is 5.97 Å². The first-order valence-corrected chi connectivity index (χ1v) is 6.15. The van der Waals surface area contributed by atoms with Gasteiger partial charge in [-0.15, -0.1) is 0 Å². The predicted molar refractivity (Wildman–Crippen MR) is 72.0 cm³/mol. The van der Waals surface area contributed by atoms with Crippen molar-refractivity contribution in [3.63, 3.8) is 0 Å². The summed E-state index contributed by atoms with van der Waals surface area (Å²) in [4.78, 5) is 22.6. The molecule has 6 nitrogen and oxygen atoms in total. The molecule has 0 aliphatic carbocycles. The van der Waals surface area contributed by atoms with Crippen LogP contribution in [0.1, 0.15) is 10.4 Å². The lowest BCUT2D eigenvalue weighted by Crippen LogP contribution is -2.19. The Hall–Kier alpha value is -2.15. The number of carboxylic acids is 1. The molecule has 0 aliphatic heterocycles. The molecule has 0 atom stereocenters. The zero-order valence-corrected chi connectivity index (χ0v) is 11.3. The van der Waals surface area contributed by atoms with Gasteiger partial charge in [0.2, 0.25) is 5.91 Å². The summed E-state index contributed by atoms with van der Waals surface area (Å²) in [5.74, 6) is -1.33. The first-order valence-electron chi connectivity index (χ1n) is 5.36. The van der Waals surface area contributed by atoms with Crippen molar-refractivity contribution < 1.29 is 14.7 Å². The number of rotatable bonds is 4. The van der Waals surface area contributed by atoms with E-state index in [2.05, 4.69) is 26.3 Å². The van der Waals surface area contributed by atoms with Crippen molar-refractivity contribution in [3.05, 3.63) is 46.7 Å². The summed E-state index contributed by atoms with van der Waals surface area (Å²) in [7, 11) is 0. The van der Waals surface area contributed by atoms with Crippen molar-refractivity contribution in [2.45, 2.75) is 6.54 Å². The van der Waals surface area contributed by atoms with Gasteiger partial charge < -0.3 is 10.4 Å². The van der Waals surface area contributed by atoms with Crippen molar-refractivity contribution in [3.8, 4) is 0 Å². The molecule has 1 heterocycles. The molecule has 0 saturated heterocycles. The summed E-state index contributed by atoms with van der Waals surface area (Å²) in [6, 6.07) is 6.21. The Morgan fingerprint density at radius 2 is 2.16 bits per heavy atom. The number of carboxylic acid groups (broad SMARTS) is 1. The van der Waals surface area contributed by atoms with Crippen LogP contribution in [0.15, 0.2) is 41.1 Å². The molecule has 1 aromatic carbocycles. The number of carbonyl (C=O) groups is 2. The maximum atomic E-state index is 11.7. The van der Waals surface area contributed by atoms with Gasteiger partial charge in [0.15, 0.2) is 0 Å². The van der Waals surface area contributed by atoms with Gasteiger partial charge in [0.1, 0.15) is 6.54 Å². The van der Waals surface area contributed by atoms with Gasteiger partial charge in [0.05, 0.1) is 5.56 Å². The number of nitrogens with one attached hydrogen (secondary N) is 1. The normalized spacial score (nSPS) is 10.2. The lowest BCUT2D eigenvalue weighted by molar-refractivity contribution is -0.116. The predicted octanol–water partition coefficient (Wildman–Crippen LogP) is 1.98. The van der Waals surface area contributed by atoms with Gasteiger partial charge in [-0.1, -0.05) is 15.9 Å². The van der Waals surface area contributed by atoms with E-state index in [1.807, 2.05) is 0 Å². The van der Waals surface area contributed by atoms with Crippen LogP contribution in [0.2, 0.25) is 0 Å². The zero-order chi connectivity index (χ0) is 13.8. The summed E-state index contributed by atoms with van der Waals surface area (Å²) in [6.45, 7) is 0.0713. The van der Waals surface area contributed by atoms with Crippen LogP contribution in [0.3, 0.4) is 0 Å². The van der Waals surface area contributed by atoms with Gasteiger partial charge in [0, 0.05) is 22.6 Å². The quantitative estimate of drug-likeness (QED) is 0.901. The van der Waals surface area contributed by atoms with E-state index >= 15 is 0 Å². The van der Waals surface area contributed by atoms with E-state index in [1.54, 1.807) is 24.5 Å². The molecule has 7 heteroatoms. The molecule has 1 aromatic heterocycles. The fourth-order valence-corrected chi connectivity index (χ4v) is 2.02. The average molecular weight is 324 g/mol. The summed E-state index contributed by atoms with van der Waals surface area (Å²) in [5.41, 5.74) is 0.521. The summed E-state index contributed by atoms with van der Waals surface area (Å²) in [5, 5.41) is 15.5. The van der Waals surface area contributed by atoms with Gasteiger partial charge in [0.25, 0.3) is 0 Å². The Kier molecular flexibility index (Phi) is 3.96. The van der Waals surface area contributed by atoms with Crippen LogP contribution < -0.4 is 5.32 Å². The number of hydrogen-bond acceptors (Lipinski definition) is 3. The third-order valence-electron chi connectivity index (χ3n) is 2.29. The second-order valence-electron chi connectivity index (χ2n) is 3.79. The minimum absolute atomic E-state index is 0.0713. The van der Waals surface area contributed by atoms with Crippen LogP contribution in [-0.2, 0) is 11.3 Å². The SMILES string of the molecule is O=C(Cn1cccn1)Nc1cc(Br)cc(C(=O)O)c1. The average Bonchev–Trinajstić information content (AvgIpc) is 2.80. The highest BCUT2D eigenvalue weighted by molar-refractivity contribution is 9.10. The molecule has 2 rings (SSSR count). The van der Waals surface area contributed by atoms with Crippen molar-refractivity contribution >= 4 is 33.5 Å². The molecule has 0 unspecified atom stereocenters. The molecule has 0 saturated carbocycles. The van der Waals surface area contributed by atoms with Crippen molar-refractivity contribution in [1.82, 2.24) is 9.78 Å². The van der Waals surface area contributed by atoms with Crippen LogP contribution in [0, 0.1) is 0 Å². The minimum atomic E-state index is -1.05. The van der Waals surface area contributed by atoms with E-state index in [4.69, 9.17) is 5.11 Å². The number of hydrogen-bond donors (Lipinski definition) is 2. The standard InChI is InChI=1S/C12H10BrN3O3/c13-9-4-8(12(18)19)5-10(6-9)15-11(17)7-16-3-1-2-14-16/h1-6H,7H2,(H,15,17)(H,18,19). The number of carbonyl (C=O) groups excluding carboxylic acids is 1. The van der Waals surface area contributed by atoms with Gasteiger partial charge >= 0.3 is 5.97 Å².